The number of rotatable bonds is 4. The molecule has 0 bridgehead atoms. The number of benzene rings is 1. The molecule has 20 heavy (non-hydrogen) atoms. The zero-order valence-electron chi connectivity index (χ0n) is 12.4. The van der Waals surface area contributed by atoms with E-state index < -0.39 is 0 Å². The Bertz CT molecular complexity index is 446. The van der Waals surface area contributed by atoms with Gasteiger partial charge in [-0.15, -0.1) is 0 Å². The number of halogens is 2. The summed E-state index contributed by atoms with van der Waals surface area (Å²) in [4.78, 5) is 2.40. The zero-order valence-corrected chi connectivity index (χ0v) is 13.1. The van der Waals surface area contributed by atoms with E-state index in [1.807, 2.05) is 0 Å². The van der Waals surface area contributed by atoms with Crippen molar-refractivity contribution >= 4 is 11.6 Å². The smallest absolute Gasteiger partial charge is 0.123 e. The maximum absolute atomic E-state index is 13.4. The van der Waals surface area contributed by atoms with Gasteiger partial charge in [0.05, 0.1) is 0 Å². The van der Waals surface area contributed by atoms with E-state index in [4.69, 9.17) is 11.6 Å². The van der Waals surface area contributed by atoms with Gasteiger partial charge in [-0.25, -0.2) is 4.39 Å². The van der Waals surface area contributed by atoms with Crippen LogP contribution < -0.4 is 5.32 Å². The highest BCUT2D eigenvalue weighted by atomic mass is 35.5. The highest BCUT2D eigenvalue weighted by Gasteiger charge is 2.30. The average Bonchev–Trinajstić information content (AvgIpc) is 2.66. The van der Waals surface area contributed by atoms with Crippen molar-refractivity contribution in [1.82, 2.24) is 10.2 Å². The Hall–Kier alpha value is -0.640. The monoisotopic (exact) mass is 298 g/mol. The van der Waals surface area contributed by atoms with E-state index in [-0.39, 0.29) is 11.4 Å². The Morgan fingerprint density at radius 3 is 2.80 bits per heavy atom. The van der Waals surface area contributed by atoms with Gasteiger partial charge in [0.2, 0.25) is 0 Å². The molecule has 0 saturated carbocycles. The summed E-state index contributed by atoms with van der Waals surface area (Å²) < 4.78 is 13.4. The van der Waals surface area contributed by atoms with Crippen molar-refractivity contribution in [3.05, 3.63) is 34.6 Å². The molecule has 0 unspecified atom stereocenters. The molecule has 1 fully saturated rings. The summed E-state index contributed by atoms with van der Waals surface area (Å²) in [6.45, 7) is 8.26. The third-order valence-electron chi connectivity index (χ3n) is 4.43. The summed E-state index contributed by atoms with van der Waals surface area (Å²) >= 11 is 6.19. The van der Waals surface area contributed by atoms with Crippen molar-refractivity contribution < 1.29 is 4.39 Å². The first-order valence-electron chi connectivity index (χ1n) is 7.50. The molecule has 1 heterocycles. The Kier molecular flexibility index (Phi) is 5.42. The minimum absolute atomic E-state index is 0.177. The molecule has 1 aliphatic heterocycles. The fraction of sp³-hybridized carbons (Fsp3) is 0.625. The predicted octanol–water partition coefficient (Wildman–Crippen LogP) is 3.83. The van der Waals surface area contributed by atoms with Crippen LogP contribution in [0.5, 0.6) is 0 Å². The molecular formula is C16H24ClFN2. The van der Waals surface area contributed by atoms with E-state index in [2.05, 4.69) is 24.1 Å². The third kappa shape index (κ3) is 3.72. The second-order valence-corrected chi connectivity index (χ2v) is 6.12. The standard InChI is InChI=1S/C16H24ClFN2/c1-3-16(4-2)12-20(9-5-8-19-16)11-13-10-14(18)6-7-15(13)17/h6-7,10,19H,3-5,8-9,11-12H2,1-2H3. The molecular weight excluding hydrogens is 275 g/mol. The van der Waals surface area contributed by atoms with Crippen LogP contribution in [0.2, 0.25) is 5.02 Å². The van der Waals surface area contributed by atoms with E-state index in [1.165, 1.54) is 6.07 Å². The van der Waals surface area contributed by atoms with Gasteiger partial charge in [-0.05, 0) is 56.1 Å². The van der Waals surface area contributed by atoms with Crippen molar-refractivity contribution in [3.8, 4) is 0 Å². The van der Waals surface area contributed by atoms with E-state index in [0.29, 0.717) is 5.02 Å². The molecule has 0 atom stereocenters. The summed E-state index contributed by atoms with van der Waals surface area (Å²) in [7, 11) is 0. The Morgan fingerprint density at radius 1 is 1.35 bits per heavy atom. The Morgan fingerprint density at radius 2 is 2.10 bits per heavy atom. The van der Waals surface area contributed by atoms with Crippen LogP contribution in [-0.2, 0) is 6.54 Å². The molecule has 1 saturated heterocycles. The first-order valence-corrected chi connectivity index (χ1v) is 7.87. The van der Waals surface area contributed by atoms with Gasteiger partial charge in [-0.1, -0.05) is 25.4 Å². The predicted molar refractivity (Wildman–Crippen MR) is 82.6 cm³/mol. The zero-order chi connectivity index (χ0) is 14.6. The molecule has 1 N–H and O–H groups in total. The maximum atomic E-state index is 13.4. The van der Waals surface area contributed by atoms with Crippen LogP contribution in [-0.4, -0.2) is 30.1 Å². The van der Waals surface area contributed by atoms with Crippen LogP contribution in [0.4, 0.5) is 4.39 Å². The fourth-order valence-corrected chi connectivity index (χ4v) is 3.16. The van der Waals surface area contributed by atoms with Crippen LogP contribution in [0, 0.1) is 5.82 Å². The summed E-state index contributed by atoms with van der Waals surface area (Å²) in [6.07, 6.45) is 3.34. The lowest BCUT2D eigenvalue weighted by Crippen LogP contribution is -2.50. The topological polar surface area (TPSA) is 15.3 Å². The summed E-state index contributed by atoms with van der Waals surface area (Å²) in [5, 5.41) is 4.34. The van der Waals surface area contributed by atoms with Crippen molar-refractivity contribution in [2.75, 3.05) is 19.6 Å². The van der Waals surface area contributed by atoms with Gasteiger partial charge < -0.3 is 5.32 Å². The summed E-state index contributed by atoms with van der Waals surface area (Å²) in [5.41, 5.74) is 1.06. The SMILES string of the molecule is CCC1(CC)CN(Cc2cc(F)ccc2Cl)CCCN1. The van der Waals surface area contributed by atoms with Crippen molar-refractivity contribution in [1.29, 1.82) is 0 Å². The van der Waals surface area contributed by atoms with E-state index in [1.54, 1.807) is 12.1 Å². The lowest BCUT2D eigenvalue weighted by Gasteiger charge is -2.35. The molecule has 0 radical (unpaired) electrons. The van der Waals surface area contributed by atoms with Gasteiger partial charge >= 0.3 is 0 Å². The van der Waals surface area contributed by atoms with Gasteiger partial charge in [0.15, 0.2) is 0 Å². The van der Waals surface area contributed by atoms with Crippen LogP contribution in [0.15, 0.2) is 18.2 Å². The first-order chi connectivity index (χ1) is 9.58. The average molecular weight is 299 g/mol. The number of nitrogens with zero attached hydrogens (tertiary/aromatic N) is 1. The second kappa shape index (κ2) is 6.88. The van der Waals surface area contributed by atoms with Crippen molar-refractivity contribution in [2.45, 2.75) is 45.2 Å². The molecule has 1 aromatic carbocycles. The molecule has 4 heteroatoms. The Labute approximate surface area is 126 Å². The van der Waals surface area contributed by atoms with Gasteiger partial charge in [0.25, 0.3) is 0 Å². The maximum Gasteiger partial charge on any atom is 0.123 e. The molecule has 112 valence electrons. The van der Waals surface area contributed by atoms with Gasteiger partial charge in [-0.3, -0.25) is 4.90 Å². The fourth-order valence-electron chi connectivity index (χ4n) is 2.98. The third-order valence-corrected chi connectivity index (χ3v) is 4.80. The minimum Gasteiger partial charge on any atom is -0.310 e. The normalized spacial score (nSPS) is 19.8. The molecule has 0 amide bonds. The van der Waals surface area contributed by atoms with E-state index >= 15 is 0 Å². The van der Waals surface area contributed by atoms with Crippen molar-refractivity contribution in [2.24, 2.45) is 0 Å². The summed E-state index contributed by atoms with van der Waals surface area (Å²) in [5.74, 6) is -0.213. The minimum atomic E-state index is -0.213. The Balaban J connectivity index is 2.13. The molecule has 0 aliphatic carbocycles. The highest BCUT2D eigenvalue weighted by molar-refractivity contribution is 6.31. The van der Waals surface area contributed by atoms with E-state index in [0.717, 1.165) is 51.0 Å². The van der Waals surface area contributed by atoms with Gasteiger partial charge in [-0.2, -0.15) is 0 Å². The second-order valence-electron chi connectivity index (χ2n) is 5.71. The molecule has 2 rings (SSSR count). The van der Waals surface area contributed by atoms with Gasteiger partial charge in [0.1, 0.15) is 5.82 Å². The van der Waals surface area contributed by atoms with Crippen LogP contribution >= 0.6 is 11.6 Å². The highest BCUT2D eigenvalue weighted by Crippen LogP contribution is 2.24. The lowest BCUT2D eigenvalue weighted by atomic mass is 9.92. The number of nitrogens with one attached hydrogen (secondary N) is 1. The molecule has 1 aliphatic rings. The van der Waals surface area contributed by atoms with Crippen LogP contribution in [0.3, 0.4) is 0 Å². The van der Waals surface area contributed by atoms with Crippen molar-refractivity contribution in [3.63, 3.8) is 0 Å². The molecule has 2 nitrogen and oxygen atoms in total. The van der Waals surface area contributed by atoms with Crippen LogP contribution in [0.25, 0.3) is 0 Å². The quantitative estimate of drug-likeness (QED) is 0.909. The molecule has 1 aromatic rings. The van der Waals surface area contributed by atoms with E-state index in [9.17, 15) is 4.39 Å². The first kappa shape index (κ1) is 15.7. The molecule has 0 aromatic heterocycles. The number of hydrogen-bond acceptors (Lipinski definition) is 2. The lowest BCUT2D eigenvalue weighted by molar-refractivity contribution is 0.191. The number of hydrogen-bond donors (Lipinski definition) is 1. The summed E-state index contributed by atoms with van der Waals surface area (Å²) in [6, 6.07) is 4.62. The van der Waals surface area contributed by atoms with Gasteiger partial charge in [0, 0.05) is 23.7 Å². The largest absolute Gasteiger partial charge is 0.310 e. The molecule has 0 spiro atoms. The van der Waals surface area contributed by atoms with Crippen LogP contribution in [0.1, 0.15) is 38.7 Å².